The minimum atomic E-state index is 1.08. The lowest BCUT2D eigenvalue weighted by Gasteiger charge is -1.97. The van der Waals surface area contributed by atoms with Gasteiger partial charge in [-0.3, -0.25) is 0 Å². The number of hydrogen-bond acceptors (Lipinski definition) is 1. The van der Waals surface area contributed by atoms with Gasteiger partial charge in [-0.1, -0.05) is 18.2 Å². The van der Waals surface area contributed by atoms with Gasteiger partial charge < -0.3 is 0 Å². The lowest BCUT2D eigenvalue weighted by atomic mass is 10.3. The highest BCUT2D eigenvalue weighted by Crippen LogP contribution is 2.14. The Morgan fingerprint density at radius 2 is 2.00 bits per heavy atom. The highest BCUT2D eigenvalue weighted by atomic mass is 31.0. The molecule has 2 aromatic rings. The van der Waals surface area contributed by atoms with E-state index >= 15 is 0 Å². The van der Waals surface area contributed by atoms with E-state index in [0.29, 0.717) is 0 Å². The van der Waals surface area contributed by atoms with E-state index in [1.54, 1.807) is 0 Å². The summed E-state index contributed by atoms with van der Waals surface area (Å²) in [6.07, 6.45) is 0. The largest absolute Gasteiger partial charge is 0.215 e. The summed E-state index contributed by atoms with van der Waals surface area (Å²) in [5.74, 6) is 2.09. The fraction of sp³-hybridized carbons (Fsp3) is 0.111. The van der Waals surface area contributed by atoms with Gasteiger partial charge in [-0.25, -0.2) is 4.44 Å². The normalized spacial score (nSPS) is 10.8. The number of nitrogens with zero attached hydrogens (tertiary/aromatic N) is 2. The molecular weight excluding hydrogens is 167 g/mol. The summed E-state index contributed by atoms with van der Waals surface area (Å²) < 4.78 is 1.97. The predicted octanol–water partition coefficient (Wildman–Crippen LogP) is 2.76. The first-order valence-electron chi connectivity index (χ1n) is 3.80. The third-order valence-electron chi connectivity index (χ3n) is 1.59. The van der Waals surface area contributed by atoms with Crippen molar-refractivity contribution in [3.05, 3.63) is 41.8 Å². The number of aryl methyl sites for hydroxylation is 1. The van der Waals surface area contributed by atoms with Crippen LogP contribution in [0.4, 0.5) is 0 Å². The molecular formula is C9H9N2P. The van der Waals surface area contributed by atoms with E-state index in [-0.39, 0.29) is 0 Å². The van der Waals surface area contributed by atoms with E-state index in [0.717, 1.165) is 19.7 Å². The molecule has 0 saturated heterocycles. The van der Waals surface area contributed by atoms with Crippen molar-refractivity contribution in [3.63, 3.8) is 0 Å². The van der Waals surface area contributed by atoms with E-state index < -0.39 is 0 Å². The second-order valence-electron chi connectivity index (χ2n) is 2.61. The van der Waals surface area contributed by atoms with E-state index in [2.05, 4.69) is 23.0 Å². The summed E-state index contributed by atoms with van der Waals surface area (Å²) in [5.41, 5.74) is 2.23. The molecule has 0 bridgehead atoms. The smallest absolute Gasteiger partial charge is 0.0692 e. The van der Waals surface area contributed by atoms with Gasteiger partial charge in [0.25, 0.3) is 0 Å². The maximum Gasteiger partial charge on any atom is 0.0692 e. The number of benzene rings is 1. The zero-order chi connectivity index (χ0) is 8.39. The van der Waals surface area contributed by atoms with Crippen LogP contribution in [0.3, 0.4) is 0 Å². The highest BCUT2D eigenvalue weighted by molar-refractivity contribution is 7.25. The maximum absolute atomic E-state index is 4.34. The topological polar surface area (TPSA) is 17.8 Å². The summed E-state index contributed by atoms with van der Waals surface area (Å²) >= 11 is 0. The average Bonchev–Trinajstić information content (AvgIpc) is 2.54. The van der Waals surface area contributed by atoms with Gasteiger partial charge in [0.15, 0.2) is 0 Å². The van der Waals surface area contributed by atoms with Crippen LogP contribution in [-0.2, 0) is 0 Å². The van der Waals surface area contributed by atoms with Crippen LogP contribution in [0, 0.1) is 6.92 Å². The summed E-state index contributed by atoms with van der Waals surface area (Å²) in [4.78, 5) is 0. The molecule has 0 aliphatic heterocycles. The Labute approximate surface area is 73.0 Å². The summed E-state index contributed by atoms with van der Waals surface area (Å²) in [6.45, 7) is 2.01. The van der Waals surface area contributed by atoms with E-state index in [9.17, 15) is 0 Å². The van der Waals surface area contributed by atoms with E-state index in [1.165, 1.54) is 0 Å². The van der Waals surface area contributed by atoms with Crippen LogP contribution in [0.5, 0.6) is 0 Å². The number of para-hydroxylation sites is 1. The Balaban J connectivity index is 2.45. The van der Waals surface area contributed by atoms with Gasteiger partial charge in [-0.2, -0.15) is 5.10 Å². The second-order valence-corrected chi connectivity index (χ2v) is 3.48. The minimum absolute atomic E-state index is 1.08. The monoisotopic (exact) mass is 176 g/mol. The molecule has 0 aliphatic rings. The molecule has 1 aromatic carbocycles. The van der Waals surface area contributed by atoms with Crippen molar-refractivity contribution >= 4 is 8.35 Å². The van der Waals surface area contributed by atoms with Gasteiger partial charge in [-0.05, 0) is 19.1 Å². The molecule has 0 radical (unpaired) electrons. The summed E-state index contributed by atoms with van der Waals surface area (Å²) in [5, 5.41) is 4.34. The fourth-order valence-electron chi connectivity index (χ4n) is 1.03. The van der Waals surface area contributed by atoms with Gasteiger partial charge in [0, 0.05) is 14.1 Å². The molecule has 0 fully saturated rings. The van der Waals surface area contributed by atoms with Crippen LogP contribution >= 0.6 is 8.35 Å². The molecule has 0 spiro atoms. The zero-order valence-corrected chi connectivity index (χ0v) is 7.70. The van der Waals surface area contributed by atoms with E-state index in [4.69, 9.17) is 0 Å². The van der Waals surface area contributed by atoms with Gasteiger partial charge in [0.2, 0.25) is 0 Å². The molecule has 1 heterocycles. The lowest BCUT2D eigenvalue weighted by molar-refractivity contribution is 0.927. The van der Waals surface area contributed by atoms with Gasteiger partial charge in [-0.15, -0.1) is 0 Å². The van der Waals surface area contributed by atoms with Crippen LogP contribution < -0.4 is 0 Å². The summed E-state index contributed by atoms with van der Waals surface area (Å²) in [6, 6.07) is 10.2. The van der Waals surface area contributed by atoms with Crippen molar-refractivity contribution in [1.29, 1.82) is 0 Å². The average molecular weight is 176 g/mol. The third-order valence-corrected chi connectivity index (χ3v) is 2.62. The van der Waals surface area contributed by atoms with Crippen molar-refractivity contribution < 1.29 is 0 Å². The molecule has 3 heteroatoms. The Hall–Kier alpha value is -1.14. The second kappa shape index (κ2) is 3.08. The van der Waals surface area contributed by atoms with Crippen LogP contribution in [0.15, 0.2) is 36.1 Å². The third kappa shape index (κ3) is 1.39. The van der Waals surface area contributed by atoms with Crippen LogP contribution in [0.1, 0.15) is 5.69 Å². The standard InChI is InChI=1S/C9H9N2P/c1-8-7-12-11(10-8)9-5-3-2-4-6-9/h2-7H,1H3. The lowest BCUT2D eigenvalue weighted by Crippen LogP contribution is -1.90. The highest BCUT2D eigenvalue weighted by Gasteiger charge is 1.95. The first-order valence-corrected chi connectivity index (χ1v) is 4.72. The number of aromatic nitrogens is 2. The zero-order valence-electron chi connectivity index (χ0n) is 6.81. The Kier molecular flexibility index (Phi) is 1.92. The molecule has 0 atom stereocenters. The number of rotatable bonds is 1. The first kappa shape index (κ1) is 7.51. The van der Waals surface area contributed by atoms with Crippen LogP contribution in [-0.4, -0.2) is 9.54 Å². The molecule has 2 rings (SSSR count). The first-order chi connectivity index (χ1) is 5.86. The van der Waals surface area contributed by atoms with Crippen molar-refractivity contribution in [1.82, 2.24) is 9.54 Å². The van der Waals surface area contributed by atoms with Crippen LogP contribution in [0.25, 0.3) is 5.69 Å². The summed E-state index contributed by atoms with van der Waals surface area (Å²) in [7, 11) is 1.14. The van der Waals surface area contributed by atoms with Gasteiger partial charge in [0.1, 0.15) is 0 Å². The molecule has 0 unspecified atom stereocenters. The molecule has 0 saturated carbocycles. The SMILES string of the molecule is Cc1cpn(-c2ccccc2)n1. The van der Waals surface area contributed by atoms with Crippen molar-refractivity contribution in [3.8, 4) is 5.69 Å². The van der Waals surface area contributed by atoms with Gasteiger partial charge >= 0.3 is 0 Å². The van der Waals surface area contributed by atoms with Crippen molar-refractivity contribution in [2.24, 2.45) is 0 Å². The quantitative estimate of drug-likeness (QED) is 0.653. The molecule has 12 heavy (non-hydrogen) atoms. The molecule has 60 valence electrons. The van der Waals surface area contributed by atoms with Crippen LogP contribution in [0.2, 0.25) is 0 Å². The minimum Gasteiger partial charge on any atom is -0.215 e. The molecule has 2 nitrogen and oxygen atoms in total. The molecule has 1 aromatic heterocycles. The molecule has 0 aliphatic carbocycles. The molecule has 0 N–H and O–H groups in total. The molecule has 0 amide bonds. The fourth-order valence-corrected chi connectivity index (χ4v) is 1.81. The van der Waals surface area contributed by atoms with Crippen molar-refractivity contribution in [2.45, 2.75) is 6.92 Å². The predicted molar refractivity (Wildman–Crippen MR) is 50.8 cm³/mol. The van der Waals surface area contributed by atoms with E-state index in [1.807, 2.05) is 29.6 Å². The van der Waals surface area contributed by atoms with Gasteiger partial charge in [0.05, 0.1) is 11.4 Å². The Morgan fingerprint density at radius 3 is 2.58 bits per heavy atom. The number of hydrogen-bond donors (Lipinski definition) is 0. The van der Waals surface area contributed by atoms with Crippen molar-refractivity contribution in [2.75, 3.05) is 0 Å². The Morgan fingerprint density at radius 1 is 1.25 bits per heavy atom. The maximum atomic E-state index is 4.34. The Bertz CT molecular complexity index is 367.